The molecule has 1 aromatic heterocycles. The standard InChI is InChI=1S/C93H74BN5/c1-9-25-63(26-10-1)71-41-47-82(48-42-71)98-86-51-45-73(65-29-13-3-14-30-65)59-84(86)94-85-60-74(66-31-15-4-16-32-66)46-52-87(85)99(83-49-43-72(44-50-83)64-27-11-2-12-28-64)89-62-81(61-88(98)90(89)94)93-96-91(79-55-75(67-33-17-5-18-34-67)53-76(56-79)68-35-19-6-20-36-68)95-92(97-93)80-57-77(69-37-21-7-22-38-69)54-78(58-80)70-39-23-8-24-40-70/h1-2,5-12,17-28,33-62,65-66H,3-4,13-16,29-32H2. The van der Waals surface area contributed by atoms with Gasteiger partial charge in [0, 0.05) is 50.8 Å². The molecule has 0 atom stereocenters. The molecule has 99 heavy (non-hydrogen) atoms. The van der Waals surface area contributed by atoms with Crippen molar-refractivity contribution in [2.75, 3.05) is 9.80 Å². The zero-order valence-corrected chi connectivity index (χ0v) is 55.6. The van der Waals surface area contributed by atoms with Crippen molar-refractivity contribution in [2.24, 2.45) is 0 Å². The molecule has 2 aliphatic heterocycles. The van der Waals surface area contributed by atoms with E-state index in [1.54, 1.807) is 0 Å². The third-order valence-corrected chi connectivity index (χ3v) is 21.4. The molecule has 2 aliphatic carbocycles. The predicted octanol–water partition coefficient (Wildman–Crippen LogP) is 23.1. The minimum absolute atomic E-state index is 0.0837. The summed E-state index contributed by atoms with van der Waals surface area (Å²) in [6.07, 6.45) is 12.6. The highest BCUT2D eigenvalue weighted by atomic mass is 15.2. The van der Waals surface area contributed by atoms with Crippen molar-refractivity contribution in [1.29, 1.82) is 0 Å². The Balaban J connectivity index is 0.927. The second kappa shape index (κ2) is 26.2. The Hall–Kier alpha value is -11.5. The Labute approximate surface area is 582 Å². The average molecular weight is 1270 g/mol. The van der Waals surface area contributed by atoms with Gasteiger partial charge in [0.25, 0.3) is 6.71 Å². The normalized spacial score (nSPS) is 14.3. The Morgan fingerprint density at radius 2 is 0.505 bits per heavy atom. The summed E-state index contributed by atoms with van der Waals surface area (Å²) in [6, 6.07) is 117. The van der Waals surface area contributed by atoms with E-state index in [0.29, 0.717) is 29.3 Å². The monoisotopic (exact) mass is 1270 g/mol. The third kappa shape index (κ3) is 11.6. The minimum Gasteiger partial charge on any atom is -0.311 e. The van der Waals surface area contributed by atoms with Crippen molar-refractivity contribution in [3.63, 3.8) is 0 Å². The van der Waals surface area contributed by atoms with Gasteiger partial charge in [0.2, 0.25) is 0 Å². The van der Waals surface area contributed by atoms with Crippen LogP contribution in [0.15, 0.2) is 315 Å². The fourth-order valence-corrected chi connectivity index (χ4v) is 16.4. The molecule has 6 heteroatoms. The molecule has 5 nitrogen and oxygen atoms in total. The van der Waals surface area contributed by atoms with Crippen LogP contribution in [0.4, 0.5) is 34.1 Å². The van der Waals surface area contributed by atoms with Gasteiger partial charge in [-0.1, -0.05) is 269 Å². The van der Waals surface area contributed by atoms with Crippen LogP contribution in [0.2, 0.25) is 0 Å². The van der Waals surface area contributed by atoms with Crippen LogP contribution in [0.25, 0.3) is 101 Å². The third-order valence-electron chi connectivity index (χ3n) is 21.4. The fraction of sp³-hybridized carbons (Fsp3) is 0.129. The molecule has 2 fully saturated rings. The highest BCUT2D eigenvalue weighted by molar-refractivity contribution is 7.00. The Bertz CT molecular complexity index is 4810. The van der Waals surface area contributed by atoms with Crippen LogP contribution in [-0.2, 0) is 0 Å². The van der Waals surface area contributed by atoms with E-state index in [-0.39, 0.29) is 6.71 Å². The van der Waals surface area contributed by atoms with E-state index in [1.165, 1.54) is 125 Å². The first-order chi connectivity index (χ1) is 49.0. The van der Waals surface area contributed by atoms with Gasteiger partial charge >= 0.3 is 0 Å². The molecule has 18 rings (SSSR count). The molecule has 13 aromatic carbocycles. The molecule has 0 spiro atoms. The molecule has 0 radical (unpaired) electrons. The van der Waals surface area contributed by atoms with Crippen LogP contribution in [0.1, 0.15) is 87.2 Å². The molecule has 0 bridgehead atoms. The van der Waals surface area contributed by atoms with Crippen LogP contribution in [-0.4, -0.2) is 21.7 Å². The van der Waals surface area contributed by atoms with Gasteiger partial charge in [-0.05, 0) is 217 Å². The summed E-state index contributed by atoms with van der Waals surface area (Å²) in [5, 5.41) is 0. The molecule has 4 aliphatic rings. The lowest BCUT2D eigenvalue weighted by molar-refractivity contribution is 0.444. The molecule has 14 aromatic rings. The van der Waals surface area contributed by atoms with E-state index in [4.69, 9.17) is 15.0 Å². The zero-order valence-electron chi connectivity index (χ0n) is 55.6. The number of aromatic nitrogens is 3. The molecule has 0 N–H and O–H groups in total. The molecular formula is C93H74BN5. The molecule has 0 unspecified atom stereocenters. The summed E-state index contributed by atoms with van der Waals surface area (Å²) in [5.41, 5.74) is 29.9. The lowest BCUT2D eigenvalue weighted by Crippen LogP contribution is -2.61. The van der Waals surface area contributed by atoms with Crippen LogP contribution in [0, 0.1) is 0 Å². The summed E-state index contributed by atoms with van der Waals surface area (Å²) < 4.78 is 0. The molecule has 2 saturated carbocycles. The first kappa shape index (κ1) is 60.0. The predicted molar refractivity (Wildman–Crippen MR) is 414 cm³/mol. The summed E-state index contributed by atoms with van der Waals surface area (Å²) >= 11 is 0. The van der Waals surface area contributed by atoms with Crippen molar-refractivity contribution in [2.45, 2.75) is 76.0 Å². The van der Waals surface area contributed by atoms with E-state index in [1.807, 2.05) is 0 Å². The number of anilines is 6. The molecule has 474 valence electrons. The summed E-state index contributed by atoms with van der Waals surface area (Å²) in [6.45, 7) is -0.0837. The Morgan fingerprint density at radius 3 is 0.818 bits per heavy atom. The average Bonchev–Trinajstić information content (AvgIpc) is 0.695. The maximum absolute atomic E-state index is 5.83. The number of hydrogen-bond acceptors (Lipinski definition) is 5. The van der Waals surface area contributed by atoms with Crippen molar-refractivity contribution in [3.05, 3.63) is 327 Å². The highest BCUT2D eigenvalue weighted by Gasteiger charge is 2.45. The quantitative estimate of drug-likeness (QED) is 0.108. The van der Waals surface area contributed by atoms with Gasteiger partial charge in [-0.2, -0.15) is 0 Å². The number of nitrogens with zero attached hydrogens (tertiary/aromatic N) is 5. The van der Waals surface area contributed by atoms with E-state index in [9.17, 15) is 0 Å². The first-order valence-corrected chi connectivity index (χ1v) is 35.7. The molecular weight excluding hydrogens is 1200 g/mol. The number of hydrogen-bond donors (Lipinski definition) is 0. The van der Waals surface area contributed by atoms with Gasteiger partial charge in [0.15, 0.2) is 17.5 Å². The van der Waals surface area contributed by atoms with Gasteiger partial charge in [0.1, 0.15) is 0 Å². The lowest BCUT2D eigenvalue weighted by atomic mass is 9.33. The summed E-state index contributed by atoms with van der Waals surface area (Å²) in [4.78, 5) is 22.5. The van der Waals surface area contributed by atoms with Crippen LogP contribution in [0.3, 0.4) is 0 Å². The second-order valence-corrected chi connectivity index (χ2v) is 27.5. The maximum atomic E-state index is 5.83. The van der Waals surface area contributed by atoms with Crippen LogP contribution < -0.4 is 26.2 Å². The highest BCUT2D eigenvalue weighted by Crippen LogP contribution is 2.49. The number of benzene rings is 13. The minimum atomic E-state index is -0.0837. The van der Waals surface area contributed by atoms with Crippen LogP contribution >= 0.6 is 0 Å². The van der Waals surface area contributed by atoms with Gasteiger partial charge in [-0.3, -0.25) is 0 Å². The topological polar surface area (TPSA) is 45.2 Å². The van der Waals surface area contributed by atoms with E-state index in [2.05, 4.69) is 325 Å². The number of fused-ring (bicyclic) bond motifs is 4. The van der Waals surface area contributed by atoms with Gasteiger partial charge in [-0.15, -0.1) is 0 Å². The van der Waals surface area contributed by atoms with Crippen molar-refractivity contribution in [3.8, 4) is 101 Å². The zero-order chi connectivity index (χ0) is 65.6. The first-order valence-electron chi connectivity index (χ1n) is 35.7. The van der Waals surface area contributed by atoms with Crippen LogP contribution in [0.5, 0.6) is 0 Å². The summed E-state index contributed by atoms with van der Waals surface area (Å²) in [5.74, 6) is 2.79. The second-order valence-electron chi connectivity index (χ2n) is 27.5. The maximum Gasteiger partial charge on any atom is 0.252 e. The molecule has 0 saturated heterocycles. The van der Waals surface area contributed by atoms with Gasteiger partial charge in [0.05, 0.1) is 0 Å². The SMILES string of the molecule is c1ccc(-c2ccc(N3c4ccc(C5CCCCC5)cc4B4c5cc(C6CCCCC6)ccc5N(c5ccc(-c6ccccc6)cc5)c5cc(-c6nc(-c7cc(-c8ccccc8)cc(-c8ccccc8)c7)nc(-c7cc(-c8ccccc8)cc(-c8ccccc8)c7)n6)cc3c54)cc2)cc1. The smallest absolute Gasteiger partial charge is 0.252 e. The fourth-order valence-electron chi connectivity index (χ4n) is 16.4. The Kier molecular flexibility index (Phi) is 15.9. The van der Waals surface area contributed by atoms with Gasteiger partial charge < -0.3 is 9.80 Å². The van der Waals surface area contributed by atoms with E-state index >= 15 is 0 Å². The largest absolute Gasteiger partial charge is 0.311 e. The van der Waals surface area contributed by atoms with Gasteiger partial charge in [-0.25, -0.2) is 15.0 Å². The van der Waals surface area contributed by atoms with E-state index in [0.717, 1.165) is 83.9 Å². The lowest BCUT2D eigenvalue weighted by Gasteiger charge is -2.45. The van der Waals surface area contributed by atoms with Crippen molar-refractivity contribution in [1.82, 2.24) is 15.0 Å². The Morgan fingerprint density at radius 1 is 0.232 bits per heavy atom. The molecule has 0 amide bonds. The van der Waals surface area contributed by atoms with Crippen molar-refractivity contribution < 1.29 is 0 Å². The van der Waals surface area contributed by atoms with E-state index < -0.39 is 0 Å². The molecule has 3 heterocycles. The summed E-state index contributed by atoms with van der Waals surface area (Å²) in [7, 11) is 0. The number of rotatable bonds is 13. The van der Waals surface area contributed by atoms with Crippen molar-refractivity contribution >= 4 is 57.2 Å².